The van der Waals surface area contributed by atoms with Crippen LogP contribution in [0, 0.1) is 0 Å². The monoisotopic (exact) mass is 169 g/mol. The molecule has 2 heteroatoms. The van der Waals surface area contributed by atoms with Gasteiger partial charge in [-0.05, 0) is 20.3 Å². The second kappa shape index (κ2) is 4.41. The van der Waals surface area contributed by atoms with Crippen molar-refractivity contribution in [3.05, 3.63) is 23.6 Å². The number of halogens is 1. The molecular formula is C10H16FN. The summed E-state index contributed by atoms with van der Waals surface area (Å²) in [7, 11) is 0. The van der Waals surface area contributed by atoms with Gasteiger partial charge in [0.25, 0.3) is 0 Å². The second-order valence-electron chi connectivity index (χ2n) is 3.46. The molecule has 1 rings (SSSR count). The molecule has 0 saturated heterocycles. The van der Waals surface area contributed by atoms with Crippen molar-refractivity contribution in [1.82, 2.24) is 4.90 Å². The molecular weight excluding hydrogens is 153 g/mol. The Kier molecular flexibility index (Phi) is 3.48. The molecule has 1 aliphatic heterocycles. The van der Waals surface area contributed by atoms with E-state index in [1.54, 1.807) is 6.08 Å². The molecule has 1 nitrogen and oxygen atoms in total. The standard InChI is InChI=1S/C10H16FN/c1-9(2)5-7-12-6-3-4-10(11)8-12/h4-5H,3,6-8H2,1-2H3. The van der Waals surface area contributed by atoms with E-state index >= 15 is 0 Å². The summed E-state index contributed by atoms with van der Waals surface area (Å²) in [5.41, 5.74) is 1.30. The highest BCUT2D eigenvalue weighted by molar-refractivity contribution is 5.02. The molecule has 0 spiro atoms. The van der Waals surface area contributed by atoms with Crippen molar-refractivity contribution in [3.63, 3.8) is 0 Å². The summed E-state index contributed by atoms with van der Waals surface area (Å²) in [6.07, 6.45) is 4.67. The number of nitrogens with zero attached hydrogens (tertiary/aromatic N) is 1. The van der Waals surface area contributed by atoms with Gasteiger partial charge >= 0.3 is 0 Å². The number of hydrogen-bond acceptors (Lipinski definition) is 1. The Labute approximate surface area is 73.6 Å². The lowest BCUT2D eigenvalue weighted by Gasteiger charge is -2.22. The van der Waals surface area contributed by atoms with E-state index in [0.29, 0.717) is 6.54 Å². The van der Waals surface area contributed by atoms with Crippen LogP contribution in [0.15, 0.2) is 23.6 Å². The molecule has 0 bridgehead atoms. The van der Waals surface area contributed by atoms with Gasteiger partial charge in [-0.15, -0.1) is 0 Å². The number of rotatable bonds is 2. The third-order valence-electron chi connectivity index (χ3n) is 1.94. The summed E-state index contributed by atoms with van der Waals surface area (Å²) in [6.45, 7) is 6.48. The molecule has 0 aromatic rings. The minimum absolute atomic E-state index is 0.0170. The van der Waals surface area contributed by atoms with Crippen molar-refractivity contribution in [1.29, 1.82) is 0 Å². The Morgan fingerprint density at radius 1 is 1.67 bits per heavy atom. The van der Waals surface area contributed by atoms with Crippen molar-refractivity contribution in [3.8, 4) is 0 Å². The molecule has 0 unspecified atom stereocenters. The van der Waals surface area contributed by atoms with Crippen LogP contribution in [-0.2, 0) is 0 Å². The highest BCUT2D eigenvalue weighted by Crippen LogP contribution is 2.10. The van der Waals surface area contributed by atoms with Crippen molar-refractivity contribution < 1.29 is 4.39 Å². The summed E-state index contributed by atoms with van der Waals surface area (Å²) in [5, 5.41) is 0. The molecule has 0 fully saturated rings. The van der Waals surface area contributed by atoms with Gasteiger partial charge in [-0.2, -0.15) is 0 Å². The van der Waals surface area contributed by atoms with Crippen LogP contribution in [0.3, 0.4) is 0 Å². The molecule has 0 amide bonds. The molecule has 0 aliphatic carbocycles. The first-order chi connectivity index (χ1) is 5.68. The van der Waals surface area contributed by atoms with Crippen LogP contribution in [0.25, 0.3) is 0 Å². The third kappa shape index (κ3) is 3.18. The fourth-order valence-corrected chi connectivity index (χ4v) is 1.23. The number of allylic oxidation sites excluding steroid dienone is 1. The summed E-state index contributed by atoms with van der Waals surface area (Å²) in [5.74, 6) is 0.0170. The van der Waals surface area contributed by atoms with Crippen LogP contribution >= 0.6 is 0 Å². The van der Waals surface area contributed by atoms with E-state index in [1.807, 2.05) is 0 Å². The van der Waals surface area contributed by atoms with E-state index in [0.717, 1.165) is 19.5 Å². The molecule has 1 heterocycles. The van der Waals surface area contributed by atoms with Gasteiger partial charge in [-0.1, -0.05) is 17.7 Å². The van der Waals surface area contributed by atoms with Gasteiger partial charge in [0.2, 0.25) is 0 Å². The van der Waals surface area contributed by atoms with Gasteiger partial charge in [0.05, 0.1) is 6.54 Å². The Hall–Kier alpha value is -0.630. The molecule has 0 N–H and O–H groups in total. The Morgan fingerprint density at radius 2 is 2.42 bits per heavy atom. The quantitative estimate of drug-likeness (QED) is 0.574. The second-order valence-corrected chi connectivity index (χ2v) is 3.46. The summed E-state index contributed by atoms with van der Waals surface area (Å²) in [6, 6.07) is 0. The molecule has 0 atom stereocenters. The molecule has 1 aliphatic rings. The minimum Gasteiger partial charge on any atom is -0.293 e. The van der Waals surface area contributed by atoms with E-state index in [-0.39, 0.29) is 5.83 Å². The largest absolute Gasteiger partial charge is 0.293 e. The highest BCUT2D eigenvalue weighted by Gasteiger charge is 2.09. The van der Waals surface area contributed by atoms with Crippen LogP contribution < -0.4 is 0 Å². The van der Waals surface area contributed by atoms with Crippen molar-refractivity contribution in [2.45, 2.75) is 20.3 Å². The third-order valence-corrected chi connectivity index (χ3v) is 1.94. The Balaban J connectivity index is 2.35. The summed E-state index contributed by atoms with van der Waals surface area (Å²) in [4.78, 5) is 2.11. The molecule has 12 heavy (non-hydrogen) atoms. The van der Waals surface area contributed by atoms with Gasteiger partial charge in [0.15, 0.2) is 0 Å². The zero-order chi connectivity index (χ0) is 8.97. The molecule has 0 saturated carbocycles. The lowest BCUT2D eigenvalue weighted by atomic mass is 10.2. The first kappa shape index (κ1) is 9.46. The van der Waals surface area contributed by atoms with Gasteiger partial charge in [0.1, 0.15) is 5.83 Å². The maximum Gasteiger partial charge on any atom is 0.110 e. The number of hydrogen-bond donors (Lipinski definition) is 0. The fraction of sp³-hybridized carbons (Fsp3) is 0.600. The molecule has 0 aromatic heterocycles. The fourth-order valence-electron chi connectivity index (χ4n) is 1.23. The maximum atomic E-state index is 12.8. The average Bonchev–Trinajstić information content (AvgIpc) is 2.01. The Bertz CT molecular complexity index is 202. The van der Waals surface area contributed by atoms with Crippen LogP contribution in [0.5, 0.6) is 0 Å². The molecule has 0 aromatic carbocycles. The van der Waals surface area contributed by atoms with E-state index < -0.39 is 0 Å². The lowest BCUT2D eigenvalue weighted by molar-refractivity contribution is 0.293. The van der Waals surface area contributed by atoms with E-state index in [1.165, 1.54) is 5.57 Å². The van der Waals surface area contributed by atoms with Crippen LogP contribution in [0.4, 0.5) is 4.39 Å². The SMILES string of the molecule is CC(C)=CCN1CCC=C(F)C1. The average molecular weight is 169 g/mol. The lowest BCUT2D eigenvalue weighted by Crippen LogP contribution is -2.29. The highest BCUT2D eigenvalue weighted by atomic mass is 19.1. The topological polar surface area (TPSA) is 3.24 Å². The first-order valence-corrected chi connectivity index (χ1v) is 4.39. The van der Waals surface area contributed by atoms with Crippen LogP contribution in [0.1, 0.15) is 20.3 Å². The van der Waals surface area contributed by atoms with E-state index in [2.05, 4.69) is 24.8 Å². The van der Waals surface area contributed by atoms with E-state index in [9.17, 15) is 4.39 Å². The van der Waals surface area contributed by atoms with Crippen LogP contribution in [-0.4, -0.2) is 24.5 Å². The normalized spacial score (nSPS) is 18.8. The van der Waals surface area contributed by atoms with Gasteiger partial charge < -0.3 is 0 Å². The molecule has 0 radical (unpaired) electrons. The smallest absolute Gasteiger partial charge is 0.110 e. The summed E-state index contributed by atoms with van der Waals surface area (Å²) >= 11 is 0. The minimum atomic E-state index is 0.0170. The first-order valence-electron chi connectivity index (χ1n) is 4.39. The van der Waals surface area contributed by atoms with Crippen molar-refractivity contribution in [2.75, 3.05) is 19.6 Å². The van der Waals surface area contributed by atoms with Gasteiger partial charge in [0, 0.05) is 13.1 Å². The van der Waals surface area contributed by atoms with Gasteiger partial charge in [-0.3, -0.25) is 4.90 Å². The maximum absolute atomic E-state index is 12.8. The zero-order valence-electron chi connectivity index (χ0n) is 7.81. The predicted octanol–water partition coefficient (Wildman–Crippen LogP) is 2.51. The van der Waals surface area contributed by atoms with Crippen LogP contribution in [0.2, 0.25) is 0 Å². The summed E-state index contributed by atoms with van der Waals surface area (Å²) < 4.78 is 12.8. The molecule has 68 valence electrons. The van der Waals surface area contributed by atoms with Crippen molar-refractivity contribution in [2.24, 2.45) is 0 Å². The predicted molar refractivity (Wildman–Crippen MR) is 49.7 cm³/mol. The van der Waals surface area contributed by atoms with E-state index in [4.69, 9.17) is 0 Å². The zero-order valence-corrected chi connectivity index (χ0v) is 7.81. The Morgan fingerprint density at radius 3 is 3.00 bits per heavy atom. The van der Waals surface area contributed by atoms with Gasteiger partial charge in [-0.25, -0.2) is 4.39 Å². The van der Waals surface area contributed by atoms with Crippen molar-refractivity contribution >= 4 is 0 Å².